The van der Waals surface area contributed by atoms with Crippen LogP contribution < -0.4 is 17.0 Å². The van der Waals surface area contributed by atoms with Gasteiger partial charge in [0.2, 0.25) is 0 Å². The monoisotopic (exact) mass is 243 g/mol. The van der Waals surface area contributed by atoms with Gasteiger partial charge in [-0.1, -0.05) is 6.92 Å². The van der Waals surface area contributed by atoms with E-state index in [0.717, 1.165) is 17.9 Å². The zero-order valence-electron chi connectivity index (χ0n) is 9.60. The number of nitrogens with zero attached hydrogens (tertiary/aromatic N) is 2. The van der Waals surface area contributed by atoms with Crippen molar-refractivity contribution in [2.24, 2.45) is 7.05 Å². The predicted molar refractivity (Wildman–Crippen MR) is 68.0 cm³/mol. The highest BCUT2D eigenvalue weighted by molar-refractivity contribution is 7.99. The highest BCUT2D eigenvalue weighted by Crippen LogP contribution is 2.01. The van der Waals surface area contributed by atoms with Crippen LogP contribution in [0.5, 0.6) is 0 Å². The average Bonchev–Trinajstić information content (AvgIpc) is 2.25. The van der Waals surface area contributed by atoms with Crippen molar-refractivity contribution in [3.63, 3.8) is 0 Å². The Kier molecular flexibility index (Phi) is 4.67. The van der Waals surface area contributed by atoms with Gasteiger partial charge in [0, 0.05) is 19.8 Å². The predicted octanol–water partition coefficient (Wildman–Crippen LogP) is 0.272. The first-order valence-electron chi connectivity index (χ1n) is 5.21. The maximum absolute atomic E-state index is 11.7. The maximum atomic E-state index is 11.7. The van der Waals surface area contributed by atoms with Gasteiger partial charge in [-0.3, -0.25) is 9.36 Å². The number of rotatable bonds is 5. The van der Waals surface area contributed by atoms with E-state index in [1.807, 2.05) is 0 Å². The summed E-state index contributed by atoms with van der Waals surface area (Å²) in [7, 11) is 1.59. The number of thioether (sulfide) groups is 1. The molecule has 0 unspecified atom stereocenters. The summed E-state index contributed by atoms with van der Waals surface area (Å²) in [6, 6.07) is 0. The molecule has 0 aliphatic rings. The molecule has 0 fully saturated rings. The van der Waals surface area contributed by atoms with Crippen LogP contribution in [-0.4, -0.2) is 20.6 Å². The van der Waals surface area contributed by atoms with Crippen LogP contribution in [0.15, 0.2) is 15.8 Å². The van der Waals surface area contributed by atoms with E-state index in [4.69, 9.17) is 5.73 Å². The molecule has 6 heteroatoms. The van der Waals surface area contributed by atoms with E-state index >= 15 is 0 Å². The first kappa shape index (κ1) is 12.9. The minimum absolute atomic E-state index is 0.116. The van der Waals surface area contributed by atoms with Crippen molar-refractivity contribution in [2.75, 3.05) is 17.2 Å². The Bertz CT molecular complexity index is 430. The summed E-state index contributed by atoms with van der Waals surface area (Å²) in [5.74, 6) is 1.99. The van der Waals surface area contributed by atoms with Crippen LogP contribution in [0.25, 0.3) is 0 Å². The molecule has 16 heavy (non-hydrogen) atoms. The lowest BCUT2D eigenvalue weighted by Gasteiger charge is -2.07. The van der Waals surface area contributed by atoms with Gasteiger partial charge in [-0.25, -0.2) is 4.79 Å². The average molecular weight is 243 g/mol. The van der Waals surface area contributed by atoms with Crippen LogP contribution in [-0.2, 0) is 13.6 Å². The highest BCUT2D eigenvalue weighted by atomic mass is 32.2. The van der Waals surface area contributed by atoms with Crippen LogP contribution in [0.2, 0.25) is 0 Å². The summed E-state index contributed by atoms with van der Waals surface area (Å²) in [5, 5.41) is 0. The summed E-state index contributed by atoms with van der Waals surface area (Å²) in [5.41, 5.74) is 4.95. The number of aryl methyl sites for hydroxylation is 1. The smallest absolute Gasteiger partial charge is 0.330 e. The zero-order chi connectivity index (χ0) is 12.1. The summed E-state index contributed by atoms with van der Waals surface area (Å²) in [6.45, 7) is 2.51. The quantitative estimate of drug-likeness (QED) is 0.754. The summed E-state index contributed by atoms with van der Waals surface area (Å²) >= 11 is 1.79. The zero-order valence-corrected chi connectivity index (χ0v) is 10.4. The van der Waals surface area contributed by atoms with Gasteiger partial charge in [-0.15, -0.1) is 0 Å². The summed E-state index contributed by atoms with van der Waals surface area (Å²) < 4.78 is 2.54. The van der Waals surface area contributed by atoms with E-state index in [2.05, 4.69) is 6.92 Å². The van der Waals surface area contributed by atoms with Crippen molar-refractivity contribution in [3.05, 3.63) is 27.0 Å². The van der Waals surface area contributed by atoms with E-state index in [9.17, 15) is 9.59 Å². The van der Waals surface area contributed by atoms with Crippen molar-refractivity contribution in [1.29, 1.82) is 0 Å². The third-order valence-electron chi connectivity index (χ3n) is 2.23. The number of hydrogen-bond donors (Lipinski definition) is 1. The van der Waals surface area contributed by atoms with Gasteiger partial charge in [0.15, 0.2) is 0 Å². The van der Waals surface area contributed by atoms with Crippen LogP contribution in [0, 0.1) is 0 Å². The number of anilines is 1. The van der Waals surface area contributed by atoms with Crippen molar-refractivity contribution in [2.45, 2.75) is 19.9 Å². The Balaban J connectivity index is 2.87. The number of aromatic nitrogens is 2. The minimum atomic E-state index is -0.385. The molecule has 0 aliphatic heterocycles. The van der Waals surface area contributed by atoms with E-state index in [1.165, 1.54) is 15.3 Å². The molecule has 0 amide bonds. The lowest BCUT2D eigenvalue weighted by atomic mass is 10.4. The third-order valence-corrected chi connectivity index (χ3v) is 3.22. The van der Waals surface area contributed by atoms with E-state index in [1.54, 1.807) is 18.8 Å². The minimum Gasteiger partial charge on any atom is -0.393 e. The van der Waals surface area contributed by atoms with Gasteiger partial charge in [-0.2, -0.15) is 11.8 Å². The first-order chi connectivity index (χ1) is 7.57. The van der Waals surface area contributed by atoms with Crippen LogP contribution in [0.3, 0.4) is 0 Å². The molecule has 1 rings (SSSR count). The molecule has 1 aromatic rings. The molecule has 1 aromatic heterocycles. The third kappa shape index (κ3) is 2.91. The van der Waals surface area contributed by atoms with Crippen LogP contribution >= 0.6 is 11.8 Å². The van der Waals surface area contributed by atoms with Gasteiger partial charge in [0.05, 0.1) is 0 Å². The fourth-order valence-electron chi connectivity index (χ4n) is 1.42. The van der Waals surface area contributed by atoms with Crippen molar-refractivity contribution in [1.82, 2.24) is 9.13 Å². The van der Waals surface area contributed by atoms with Crippen LogP contribution in [0.1, 0.15) is 13.3 Å². The Hall–Kier alpha value is -1.17. The second-order valence-corrected chi connectivity index (χ2v) is 4.88. The van der Waals surface area contributed by atoms with Crippen molar-refractivity contribution in [3.8, 4) is 0 Å². The molecule has 0 atom stereocenters. The second kappa shape index (κ2) is 5.79. The van der Waals surface area contributed by atoms with Gasteiger partial charge in [0.25, 0.3) is 5.56 Å². The first-order valence-corrected chi connectivity index (χ1v) is 6.37. The Labute approximate surface area is 98.3 Å². The Morgan fingerprint density at radius 1 is 1.44 bits per heavy atom. The lowest BCUT2D eigenvalue weighted by molar-refractivity contribution is 0.586. The number of hydrogen-bond acceptors (Lipinski definition) is 4. The topological polar surface area (TPSA) is 70.0 Å². The van der Waals surface area contributed by atoms with Crippen LogP contribution in [0.4, 0.5) is 5.69 Å². The van der Waals surface area contributed by atoms with E-state index in [-0.39, 0.29) is 16.9 Å². The molecule has 0 spiro atoms. The van der Waals surface area contributed by atoms with Gasteiger partial charge >= 0.3 is 5.69 Å². The Morgan fingerprint density at radius 2 is 2.12 bits per heavy atom. The van der Waals surface area contributed by atoms with E-state index in [0.29, 0.717) is 6.54 Å². The fraction of sp³-hybridized carbons (Fsp3) is 0.600. The second-order valence-electron chi connectivity index (χ2n) is 3.49. The normalized spacial score (nSPS) is 10.6. The number of nitrogens with two attached hydrogens (primary N) is 1. The molecule has 0 aromatic carbocycles. The SMILES string of the molecule is CCSCCCn1c(=O)c(N)cn(C)c1=O. The van der Waals surface area contributed by atoms with Gasteiger partial charge < -0.3 is 10.3 Å². The standard InChI is InChI=1S/C10H17N3O2S/c1-3-16-6-4-5-13-9(14)8(11)7-12(2)10(13)15/h7H,3-6,11H2,1-2H3. The lowest BCUT2D eigenvalue weighted by Crippen LogP contribution is -2.39. The molecular weight excluding hydrogens is 226 g/mol. The van der Waals surface area contributed by atoms with Gasteiger partial charge in [0.1, 0.15) is 5.69 Å². The molecular formula is C10H17N3O2S. The number of nitrogen functional groups attached to an aromatic ring is 1. The molecule has 1 heterocycles. The van der Waals surface area contributed by atoms with Gasteiger partial charge in [-0.05, 0) is 17.9 Å². The highest BCUT2D eigenvalue weighted by Gasteiger charge is 2.06. The molecule has 0 saturated carbocycles. The molecule has 2 N–H and O–H groups in total. The maximum Gasteiger partial charge on any atom is 0.330 e. The van der Waals surface area contributed by atoms with Crippen molar-refractivity contribution < 1.29 is 0 Å². The molecule has 5 nitrogen and oxygen atoms in total. The molecule has 90 valence electrons. The molecule has 0 bridgehead atoms. The van der Waals surface area contributed by atoms with E-state index < -0.39 is 0 Å². The summed E-state index contributed by atoms with van der Waals surface area (Å²) in [6.07, 6.45) is 2.17. The largest absolute Gasteiger partial charge is 0.393 e. The Morgan fingerprint density at radius 3 is 2.75 bits per heavy atom. The fourth-order valence-corrected chi connectivity index (χ4v) is 2.04. The molecule has 0 radical (unpaired) electrons. The summed E-state index contributed by atoms with van der Waals surface area (Å²) in [4.78, 5) is 23.3. The molecule has 0 saturated heterocycles. The van der Waals surface area contributed by atoms with Crippen molar-refractivity contribution >= 4 is 17.4 Å². The molecule has 0 aliphatic carbocycles.